The molecule has 4 nitrogen and oxygen atoms in total. The van der Waals surface area contributed by atoms with Gasteiger partial charge < -0.3 is 0 Å². The molecule has 1 aliphatic heterocycles. The summed E-state index contributed by atoms with van der Waals surface area (Å²) in [6, 6.07) is 15.0. The second-order valence-corrected chi connectivity index (χ2v) is 8.92. The number of rotatable bonds is 5. The van der Waals surface area contributed by atoms with Crippen LogP contribution in [0.2, 0.25) is 0 Å². The van der Waals surface area contributed by atoms with Gasteiger partial charge in [-0.05, 0) is 51.8 Å². The van der Waals surface area contributed by atoms with Gasteiger partial charge in [0.15, 0.2) is 0 Å². The summed E-state index contributed by atoms with van der Waals surface area (Å²) in [5.41, 5.74) is 2.48. The van der Waals surface area contributed by atoms with E-state index in [0.29, 0.717) is 0 Å². The predicted molar refractivity (Wildman–Crippen MR) is 106 cm³/mol. The lowest BCUT2D eigenvalue weighted by Gasteiger charge is -2.34. The molecule has 0 bridgehead atoms. The van der Waals surface area contributed by atoms with Crippen molar-refractivity contribution >= 4 is 27.3 Å². The Morgan fingerprint density at radius 3 is 2.24 bits per heavy atom. The molecule has 0 unspecified atom stereocenters. The van der Waals surface area contributed by atoms with E-state index >= 15 is 0 Å². The molecule has 1 saturated heterocycles. The first-order valence-electron chi connectivity index (χ1n) is 8.54. The van der Waals surface area contributed by atoms with Crippen LogP contribution in [0.4, 0.5) is 0 Å². The fraction of sp³-hybridized carbons (Fsp3) is 0.316. The zero-order valence-electron chi connectivity index (χ0n) is 14.0. The van der Waals surface area contributed by atoms with Gasteiger partial charge in [0.2, 0.25) is 0 Å². The molecular formula is C19H21BrN4S. The SMILES string of the molecule is Brc1ccc(CN2CCN(Cc3ccc(-n4cccn4)cc3)CC2)s1. The topological polar surface area (TPSA) is 24.3 Å². The van der Waals surface area contributed by atoms with Crippen LogP contribution in [0.15, 0.2) is 58.6 Å². The highest BCUT2D eigenvalue weighted by atomic mass is 79.9. The number of nitrogens with zero attached hydrogens (tertiary/aromatic N) is 4. The van der Waals surface area contributed by atoms with Gasteiger partial charge in [-0.2, -0.15) is 5.10 Å². The van der Waals surface area contributed by atoms with E-state index in [1.807, 2.05) is 34.5 Å². The lowest BCUT2D eigenvalue weighted by Crippen LogP contribution is -2.45. The Kier molecular flexibility index (Phi) is 5.31. The number of piperazine rings is 1. The molecule has 0 saturated carbocycles. The number of hydrogen-bond donors (Lipinski definition) is 0. The van der Waals surface area contributed by atoms with Crippen LogP contribution in [0, 0.1) is 0 Å². The van der Waals surface area contributed by atoms with Crippen molar-refractivity contribution in [2.24, 2.45) is 0 Å². The van der Waals surface area contributed by atoms with E-state index in [9.17, 15) is 0 Å². The van der Waals surface area contributed by atoms with Crippen molar-refractivity contribution in [2.45, 2.75) is 13.1 Å². The molecule has 0 atom stereocenters. The highest BCUT2D eigenvalue weighted by Gasteiger charge is 2.17. The summed E-state index contributed by atoms with van der Waals surface area (Å²) in [7, 11) is 0. The Bertz CT molecular complexity index is 789. The highest BCUT2D eigenvalue weighted by Crippen LogP contribution is 2.23. The smallest absolute Gasteiger partial charge is 0.0701 e. The average molecular weight is 417 g/mol. The van der Waals surface area contributed by atoms with Crippen molar-refractivity contribution in [1.82, 2.24) is 19.6 Å². The van der Waals surface area contributed by atoms with Gasteiger partial charge in [-0.1, -0.05) is 12.1 Å². The van der Waals surface area contributed by atoms with Gasteiger partial charge in [-0.25, -0.2) is 4.68 Å². The maximum Gasteiger partial charge on any atom is 0.0701 e. The molecule has 25 heavy (non-hydrogen) atoms. The molecule has 130 valence electrons. The maximum atomic E-state index is 4.27. The lowest BCUT2D eigenvalue weighted by molar-refractivity contribution is 0.123. The van der Waals surface area contributed by atoms with Crippen LogP contribution in [0.25, 0.3) is 5.69 Å². The summed E-state index contributed by atoms with van der Waals surface area (Å²) in [5, 5.41) is 4.27. The van der Waals surface area contributed by atoms with E-state index in [4.69, 9.17) is 0 Å². The molecule has 0 aliphatic carbocycles. The highest BCUT2D eigenvalue weighted by molar-refractivity contribution is 9.11. The number of halogens is 1. The van der Waals surface area contributed by atoms with Crippen LogP contribution in [0.5, 0.6) is 0 Å². The molecule has 2 aromatic heterocycles. The number of thiophene rings is 1. The first-order valence-corrected chi connectivity index (χ1v) is 10.1. The molecule has 3 aromatic rings. The molecule has 1 aromatic carbocycles. The van der Waals surface area contributed by atoms with E-state index < -0.39 is 0 Å². The van der Waals surface area contributed by atoms with Crippen LogP contribution in [0.3, 0.4) is 0 Å². The largest absolute Gasteiger partial charge is 0.297 e. The molecule has 1 aliphatic rings. The van der Waals surface area contributed by atoms with Crippen LogP contribution in [-0.2, 0) is 13.1 Å². The van der Waals surface area contributed by atoms with E-state index in [0.717, 1.165) is 45.0 Å². The van der Waals surface area contributed by atoms with Crippen LogP contribution < -0.4 is 0 Å². The summed E-state index contributed by atoms with van der Waals surface area (Å²) < 4.78 is 3.12. The third-order valence-electron chi connectivity index (χ3n) is 4.58. The first kappa shape index (κ1) is 17.0. The Morgan fingerprint density at radius 1 is 0.920 bits per heavy atom. The zero-order valence-corrected chi connectivity index (χ0v) is 16.4. The van der Waals surface area contributed by atoms with E-state index in [1.54, 1.807) is 0 Å². The van der Waals surface area contributed by atoms with Gasteiger partial charge in [-0.15, -0.1) is 11.3 Å². The summed E-state index contributed by atoms with van der Waals surface area (Å²) >= 11 is 5.39. The number of aromatic nitrogens is 2. The molecule has 3 heterocycles. The lowest BCUT2D eigenvalue weighted by atomic mass is 10.2. The third kappa shape index (κ3) is 4.39. The Morgan fingerprint density at radius 2 is 1.64 bits per heavy atom. The van der Waals surface area contributed by atoms with Crippen molar-refractivity contribution in [1.29, 1.82) is 0 Å². The number of benzene rings is 1. The van der Waals surface area contributed by atoms with E-state index in [-0.39, 0.29) is 0 Å². The molecule has 0 N–H and O–H groups in total. The Hall–Kier alpha value is -1.47. The summed E-state index contributed by atoms with van der Waals surface area (Å²) in [5.74, 6) is 0. The zero-order chi connectivity index (χ0) is 17.1. The Labute approximate surface area is 160 Å². The molecule has 6 heteroatoms. The van der Waals surface area contributed by atoms with Crippen LogP contribution in [0.1, 0.15) is 10.4 Å². The maximum absolute atomic E-state index is 4.27. The Balaban J connectivity index is 1.28. The van der Waals surface area contributed by atoms with Crippen LogP contribution >= 0.6 is 27.3 Å². The standard InChI is InChI=1S/C19H21BrN4S/c20-19-7-6-18(25-19)15-23-12-10-22(11-13-23)14-16-2-4-17(5-3-16)24-9-1-8-21-24/h1-9H,10-15H2. The molecule has 0 spiro atoms. The van der Waals surface area contributed by atoms with Crippen molar-refractivity contribution in [2.75, 3.05) is 26.2 Å². The van der Waals surface area contributed by atoms with Crippen molar-refractivity contribution < 1.29 is 0 Å². The van der Waals surface area contributed by atoms with Gasteiger partial charge >= 0.3 is 0 Å². The molecule has 0 radical (unpaired) electrons. The summed E-state index contributed by atoms with van der Waals surface area (Å²) in [4.78, 5) is 6.54. The van der Waals surface area contributed by atoms with Gasteiger partial charge in [0, 0.05) is 56.5 Å². The van der Waals surface area contributed by atoms with Crippen molar-refractivity contribution in [3.05, 3.63) is 69.1 Å². The normalized spacial score (nSPS) is 16.4. The summed E-state index contributed by atoms with van der Waals surface area (Å²) in [6.07, 6.45) is 3.78. The average Bonchev–Trinajstić information content (AvgIpc) is 3.29. The third-order valence-corrected chi connectivity index (χ3v) is 6.19. The van der Waals surface area contributed by atoms with Gasteiger partial charge in [0.25, 0.3) is 0 Å². The van der Waals surface area contributed by atoms with Gasteiger partial charge in [0.05, 0.1) is 9.47 Å². The monoisotopic (exact) mass is 416 g/mol. The first-order chi connectivity index (χ1) is 12.3. The molecule has 0 amide bonds. The van der Waals surface area contributed by atoms with Gasteiger partial charge in [-0.3, -0.25) is 9.80 Å². The van der Waals surface area contributed by atoms with Gasteiger partial charge in [0.1, 0.15) is 0 Å². The predicted octanol–water partition coefficient (Wildman–Crippen LogP) is 4.01. The van der Waals surface area contributed by atoms with E-state index in [1.165, 1.54) is 14.2 Å². The minimum atomic E-state index is 1.03. The molecule has 4 rings (SSSR count). The second-order valence-electron chi connectivity index (χ2n) is 6.38. The van der Waals surface area contributed by atoms with E-state index in [2.05, 4.69) is 67.2 Å². The summed E-state index contributed by atoms with van der Waals surface area (Å²) in [6.45, 7) is 6.64. The minimum Gasteiger partial charge on any atom is -0.297 e. The van der Waals surface area contributed by atoms with Crippen molar-refractivity contribution in [3.8, 4) is 5.69 Å². The van der Waals surface area contributed by atoms with Crippen molar-refractivity contribution in [3.63, 3.8) is 0 Å². The number of hydrogen-bond acceptors (Lipinski definition) is 4. The quantitative estimate of drug-likeness (QED) is 0.627. The van der Waals surface area contributed by atoms with Crippen LogP contribution in [-0.4, -0.2) is 45.8 Å². The second kappa shape index (κ2) is 7.83. The fourth-order valence-corrected chi connectivity index (χ4v) is 4.72. The molecular weight excluding hydrogens is 396 g/mol. The minimum absolute atomic E-state index is 1.03. The molecule has 1 fully saturated rings. The fourth-order valence-electron chi connectivity index (χ4n) is 3.20.